The van der Waals surface area contributed by atoms with Gasteiger partial charge in [-0.05, 0) is 26.8 Å². The zero-order chi connectivity index (χ0) is 6.91. The van der Waals surface area contributed by atoms with E-state index in [1.807, 2.05) is 0 Å². The summed E-state index contributed by atoms with van der Waals surface area (Å²) in [6, 6.07) is 0. The van der Waals surface area contributed by atoms with Crippen LogP contribution in [0.1, 0.15) is 33.6 Å². The minimum absolute atomic E-state index is 0. The molecule has 0 aromatic carbocycles. The first-order valence-corrected chi connectivity index (χ1v) is 3.92. The second-order valence-corrected chi connectivity index (χ2v) is 3.59. The van der Waals surface area contributed by atoms with E-state index in [0.717, 1.165) is 0 Å². The molecule has 1 heterocycles. The van der Waals surface area contributed by atoms with Gasteiger partial charge in [-0.25, -0.2) is 0 Å². The van der Waals surface area contributed by atoms with Crippen LogP contribution in [0.5, 0.6) is 0 Å². The lowest BCUT2D eigenvalue weighted by Gasteiger charge is -2.03. The Kier molecular flexibility index (Phi) is 4.17. The quantitative estimate of drug-likeness (QED) is 0.553. The fraction of sp³-hybridized carbons (Fsp3) is 1.00. The molecule has 0 spiro atoms. The van der Waals surface area contributed by atoms with Crippen LogP contribution in [0.25, 0.3) is 0 Å². The number of nitrogens with zero attached hydrogens (tertiary/aromatic N) is 1. The summed E-state index contributed by atoms with van der Waals surface area (Å²) in [6.45, 7) is 9.48. The molecule has 10 heavy (non-hydrogen) atoms. The number of rotatable bonds is 3. The maximum absolute atomic E-state index is 2.52. The zero-order valence-electron chi connectivity index (χ0n) is 7.18. The lowest BCUT2D eigenvalue weighted by atomic mass is 10.2. The van der Waals surface area contributed by atoms with E-state index >= 15 is 0 Å². The van der Waals surface area contributed by atoms with Gasteiger partial charge in [-0.3, -0.25) is 4.90 Å². The van der Waals surface area contributed by atoms with E-state index in [9.17, 15) is 0 Å². The molecule has 0 radical (unpaired) electrons. The molecule has 0 amide bonds. The van der Waals surface area contributed by atoms with Gasteiger partial charge in [-0.1, -0.05) is 13.3 Å². The Morgan fingerprint density at radius 3 is 2.20 bits per heavy atom. The zero-order valence-corrected chi connectivity index (χ0v) is 9.51. The van der Waals surface area contributed by atoms with Crippen molar-refractivity contribution in [1.82, 2.24) is 4.90 Å². The second kappa shape index (κ2) is 3.90. The van der Waals surface area contributed by atoms with Crippen molar-refractivity contribution in [3.05, 3.63) is 0 Å². The third-order valence-electron chi connectivity index (χ3n) is 2.11. The van der Waals surface area contributed by atoms with E-state index in [2.05, 4.69) is 25.7 Å². The van der Waals surface area contributed by atoms with Gasteiger partial charge in [0, 0.05) is 12.1 Å². The van der Waals surface area contributed by atoms with Crippen molar-refractivity contribution >= 4 is 24.0 Å². The van der Waals surface area contributed by atoms with Crippen LogP contribution < -0.4 is 0 Å². The van der Waals surface area contributed by atoms with Crippen LogP contribution >= 0.6 is 24.0 Å². The summed E-state index contributed by atoms with van der Waals surface area (Å²) in [5.41, 5.74) is 0.551. The first-order valence-electron chi connectivity index (χ1n) is 3.92. The Balaban J connectivity index is 0.000000810. The molecular weight excluding hydrogens is 237 g/mol. The molecule has 1 saturated heterocycles. The molecule has 0 bridgehead atoms. The van der Waals surface area contributed by atoms with E-state index in [0.29, 0.717) is 5.54 Å². The highest BCUT2D eigenvalue weighted by molar-refractivity contribution is 14.0. The summed E-state index contributed by atoms with van der Waals surface area (Å²) in [6.07, 6.45) is 2.69. The molecule has 62 valence electrons. The van der Waals surface area contributed by atoms with Gasteiger partial charge in [0.1, 0.15) is 0 Å². The minimum atomic E-state index is 0. The number of hydrogen-bond donors (Lipinski definition) is 0. The van der Waals surface area contributed by atoms with Crippen LogP contribution in [0.2, 0.25) is 0 Å². The molecule has 2 heteroatoms. The Morgan fingerprint density at radius 1 is 1.40 bits per heavy atom. The standard InChI is InChI=1S/C8H17N.HI/c1-4-5-6-9-7-8(9,2)3;/h4-7H2,1-3H3;1H. The molecule has 0 aliphatic carbocycles. The van der Waals surface area contributed by atoms with Gasteiger partial charge >= 0.3 is 0 Å². The van der Waals surface area contributed by atoms with Gasteiger partial charge < -0.3 is 0 Å². The number of hydrogen-bond acceptors (Lipinski definition) is 1. The van der Waals surface area contributed by atoms with Crippen molar-refractivity contribution < 1.29 is 0 Å². The summed E-state index contributed by atoms with van der Waals surface area (Å²) >= 11 is 0. The fourth-order valence-electron chi connectivity index (χ4n) is 1.16. The molecule has 0 N–H and O–H groups in total. The Bertz CT molecular complexity index is 101. The van der Waals surface area contributed by atoms with Crippen LogP contribution in [0, 0.1) is 0 Å². The summed E-state index contributed by atoms with van der Waals surface area (Å²) in [5.74, 6) is 0. The lowest BCUT2D eigenvalue weighted by molar-refractivity contribution is 0.434. The average Bonchev–Trinajstić information content (AvgIpc) is 2.35. The average molecular weight is 255 g/mol. The molecule has 1 unspecified atom stereocenters. The number of unbranched alkanes of at least 4 members (excludes halogenated alkanes) is 1. The number of halogens is 1. The van der Waals surface area contributed by atoms with Crippen LogP contribution in [0.3, 0.4) is 0 Å². The summed E-state index contributed by atoms with van der Waals surface area (Å²) in [5, 5.41) is 0. The molecule has 1 atom stereocenters. The summed E-state index contributed by atoms with van der Waals surface area (Å²) in [4.78, 5) is 2.52. The van der Waals surface area contributed by atoms with E-state index in [1.165, 1.54) is 25.9 Å². The molecule has 1 rings (SSSR count). The lowest BCUT2D eigenvalue weighted by Crippen LogP contribution is -2.09. The maximum Gasteiger partial charge on any atom is 0.0281 e. The van der Waals surface area contributed by atoms with Gasteiger partial charge in [-0.2, -0.15) is 0 Å². The van der Waals surface area contributed by atoms with Crippen molar-refractivity contribution in [2.45, 2.75) is 39.2 Å². The summed E-state index contributed by atoms with van der Waals surface area (Å²) in [7, 11) is 0. The van der Waals surface area contributed by atoms with Crippen molar-refractivity contribution in [3.63, 3.8) is 0 Å². The molecule has 1 fully saturated rings. The van der Waals surface area contributed by atoms with Gasteiger partial charge in [-0.15, -0.1) is 24.0 Å². The molecular formula is C8H18IN. The third-order valence-corrected chi connectivity index (χ3v) is 2.11. The third kappa shape index (κ3) is 2.74. The van der Waals surface area contributed by atoms with Gasteiger partial charge in [0.05, 0.1) is 0 Å². The molecule has 1 aliphatic heterocycles. The maximum atomic E-state index is 2.52. The Hall–Kier alpha value is 0.690. The minimum Gasteiger partial charge on any atom is -0.295 e. The molecule has 0 aromatic heterocycles. The largest absolute Gasteiger partial charge is 0.295 e. The highest BCUT2D eigenvalue weighted by Crippen LogP contribution is 2.30. The van der Waals surface area contributed by atoms with Crippen LogP contribution in [-0.2, 0) is 0 Å². The normalized spacial score (nSPS) is 27.3. The van der Waals surface area contributed by atoms with Crippen LogP contribution in [-0.4, -0.2) is 23.5 Å². The fourth-order valence-corrected chi connectivity index (χ4v) is 1.16. The van der Waals surface area contributed by atoms with Crippen molar-refractivity contribution in [3.8, 4) is 0 Å². The van der Waals surface area contributed by atoms with Crippen LogP contribution in [0.15, 0.2) is 0 Å². The first kappa shape index (κ1) is 10.7. The van der Waals surface area contributed by atoms with Gasteiger partial charge in [0.15, 0.2) is 0 Å². The molecule has 1 aliphatic rings. The van der Waals surface area contributed by atoms with Crippen molar-refractivity contribution in [1.29, 1.82) is 0 Å². The Labute approximate surface area is 81.2 Å². The molecule has 1 nitrogen and oxygen atoms in total. The SMILES string of the molecule is CCCCN1CC1(C)C.I. The highest BCUT2D eigenvalue weighted by Gasteiger charge is 2.41. The van der Waals surface area contributed by atoms with Crippen molar-refractivity contribution in [2.24, 2.45) is 0 Å². The molecule has 0 aromatic rings. The van der Waals surface area contributed by atoms with Crippen molar-refractivity contribution in [2.75, 3.05) is 13.1 Å². The Morgan fingerprint density at radius 2 is 1.90 bits per heavy atom. The summed E-state index contributed by atoms with van der Waals surface area (Å²) < 4.78 is 0. The first-order chi connectivity index (χ1) is 4.17. The topological polar surface area (TPSA) is 3.01 Å². The second-order valence-electron chi connectivity index (χ2n) is 3.59. The van der Waals surface area contributed by atoms with Gasteiger partial charge in [0.2, 0.25) is 0 Å². The van der Waals surface area contributed by atoms with Crippen LogP contribution in [0.4, 0.5) is 0 Å². The van der Waals surface area contributed by atoms with Gasteiger partial charge in [0.25, 0.3) is 0 Å². The van der Waals surface area contributed by atoms with E-state index in [-0.39, 0.29) is 24.0 Å². The molecule has 0 saturated carbocycles. The predicted molar refractivity (Wildman–Crippen MR) is 56.0 cm³/mol. The van der Waals surface area contributed by atoms with E-state index in [4.69, 9.17) is 0 Å². The monoisotopic (exact) mass is 255 g/mol. The smallest absolute Gasteiger partial charge is 0.0281 e. The van der Waals surface area contributed by atoms with E-state index < -0.39 is 0 Å². The highest BCUT2D eigenvalue weighted by atomic mass is 127. The van der Waals surface area contributed by atoms with E-state index in [1.54, 1.807) is 0 Å². The predicted octanol–water partition coefficient (Wildman–Crippen LogP) is 2.50.